The molecule has 0 aliphatic rings. The molecular weight excluding hydrogens is 280 g/mol. The molecule has 5 heteroatoms. The summed E-state index contributed by atoms with van der Waals surface area (Å²) in [6, 6.07) is 9.54. The van der Waals surface area contributed by atoms with Gasteiger partial charge in [-0.05, 0) is 19.4 Å². The van der Waals surface area contributed by atoms with Gasteiger partial charge in [0.2, 0.25) is 0 Å². The average Bonchev–Trinajstić information content (AvgIpc) is 2.85. The van der Waals surface area contributed by atoms with E-state index in [1.807, 2.05) is 44.2 Å². The van der Waals surface area contributed by atoms with Crippen LogP contribution in [0.1, 0.15) is 29.0 Å². The van der Waals surface area contributed by atoms with Crippen molar-refractivity contribution >= 4 is 6.09 Å². The number of hydrogen-bond acceptors (Lipinski definition) is 4. The Bertz CT molecular complexity index is 661. The topological polar surface area (TPSA) is 64.4 Å². The van der Waals surface area contributed by atoms with Crippen molar-refractivity contribution in [1.82, 2.24) is 10.5 Å². The first-order valence-corrected chi connectivity index (χ1v) is 7.03. The molecule has 0 saturated carbocycles. The standard InChI is InChI=1S/C17H18N2O3/c1-13-16(14(2)22-19-13)10-6-7-11-18-17(20)21-12-15-8-4-3-5-9-15/h3-5,8-9H,7,11-12H2,1-2H3,(H,18,20). The quantitative estimate of drug-likeness (QED) is 0.696. The second-order valence-corrected chi connectivity index (χ2v) is 4.74. The lowest BCUT2D eigenvalue weighted by molar-refractivity contribution is 0.140. The molecule has 1 amide bonds. The van der Waals surface area contributed by atoms with Gasteiger partial charge in [-0.25, -0.2) is 4.79 Å². The van der Waals surface area contributed by atoms with Gasteiger partial charge >= 0.3 is 6.09 Å². The minimum atomic E-state index is -0.442. The van der Waals surface area contributed by atoms with E-state index < -0.39 is 6.09 Å². The molecular formula is C17H18N2O3. The summed E-state index contributed by atoms with van der Waals surface area (Å²) >= 11 is 0. The molecule has 0 bridgehead atoms. The van der Waals surface area contributed by atoms with Crippen LogP contribution in [0.4, 0.5) is 4.79 Å². The van der Waals surface area contributed by atoms with Crippen molar-refractivity contribution in [2.24, 2.45) is 0 Å². The third-order valence-electron chi connectivity index (χ3n) is 2.98. The van der Waals surface area contributed by atoms with E-state index in [9.17, 15) is 4.79 Å². The lowest BCUT2D eigenvalue weighted by atomic mass is 10.2. The van der Waals surface area contributed by atoms with E-state index in [1.54, 1.807) is 0 Å². The van der Waals surface area contributed by atoms with Crippen LogP contribution in [0.15, 0.2) is 34.9 Å². The fourth-order valence-electron chi connectivity index (χ4n) is 1.81. The lowest BCUT2D eigenvalue weighted by Gasteiger charge is -2.05. The highest BCUT2D eigenvalue weighted by molar-refractivity contribution is 5.67. The van der Waals surface area contributed by atoms with Gasteiger partial charge < -0.3 is 14.6 Å². The van der Waals surface area contributed by atoms with Crippen LogP contribution in [-0.2, 0) is 11.3 Å². The zero-order chi connectivity index (χ0) is 15.8. The first-order chi connectivity index (χ1) is 10.7. The molecule has 5 nitrogen and oxygen atoms in total. The third kappa shape index (κ3) is 4.67. The van der Waals surface area contributed by atoms with Crippen molar-refractivity contribution < 1.29 is 14.1 Å². The molecule has 0 aliphatic carbocycles. The molecule has 1 heterocycles. The van der Waals surface area contributed by atoms with Crippen LogP contribution in [0.2, 0.25) is 0 Å². The van der Waals surface area contributed by atoms with Crippen LogP contribution >= 0.6 is 0 Å². The molecule has 1 N–H and O–H groups in total. The molecule has 1 aromatic carbocycles. The van der Waals surface area contributed by atoms with Crippen LogP contribution in [0, 0.1) is 25.7 Å². The van der Waals surface area contributed by atoms with Crippen molar-refractivity contribution in [3.63, 3.8) is 0 Å². The van der Waals surface area contributed by atoms with E-state index in [2.05, 4.69) is 22.3 Å². The van der Waals surface area contributed by atoms with E-state index in [0.717, 1.165) is 16.8 Å². The smallest absolute Gasteiger partial charge is 0.407 e. The van der Waals surface area contributed by atoms with Gasteiger partial charge in [-0.2, -0.15) is 0 Å². The maximum absolute atomic E-state index is 11.5. The number of aromatic nitrogens is 1. The molecule has 0 aliphatic heterocycles. The normalized spacial score (nSPS) is 9.73. The molecule has 0 unspecified atom stereocenters. The van der Waals surface area contributed by atoms with E-state index in [0.29, 0.717) is 18.7 Å². The summed E-state index contributed by atoms with van der Waals surface area (Å²) in [5.74, 6) is 6.68. The Kier molecular flexibility index (Phi) is 5.61. The summed E-state index contributed by atoms with van der Waals surface area (Å²) in [5.41, 5.74) is 2.54. The highest BCUT2D eigenvalue weighted by Gasteiger charge is 2.05. The number of rotatable bonds is 4. The minimum absolute atomic E-state index is 0.261. The number of alkyl carbamates (subject to hydrolysis) is 1. The fourth-order valence-corrected chi connectivity index (χ4v) is 1.81. The molecule has 0 radical (unpaired) electrons. The molecule has 0 spiro atoms. The van der Waals surface area contributed by atoms with Crippen molar-refractivity contribution in [2.45, 2.75) is 26.9 Å². The number of carbonyl (C=O) groups is 1. The number of hydrogen-bond donors (Lipinski definition) is 1. The van der Waals surface area contributed by atoms with Crippen molar-refractivity contribution in [2.75, 3.05) is 6.54 Å². The van der Waals surface area contributed by atoms with Crippen LogP contribution in [0.25, 0.3) is 0 Å². The number of aryl methyl sites for hydroxylation is 2. The molecule has 22 heavy (non-hydrogen) atoms. The predicted molar refractivity (Wildman–Crippen MR) is 82.1 cm³/mol. The van der Waals surface area contributed by atoms with Gasteiger partial charge in [0.25, 0.3) is 0 Å². The number of nitrogens with one attached hydrogen (secondary N) is 1. The number of carbonyl (C=O) groups excluding carboxylic acids is 1. The summed E-state index contributed by atoms with van der Waals surface area (Å²) < 4.78 is 10.1. The summed E-state index contributed by atoms with van der Waals surface area (Å²) in [4.78, 5) is 11.5. The summed E-state index contributed by atoms with van der Waals surface area (Å²) in [5, 5.41) is 6.49. The monoisotopic (exact) mass is 298 g/mol. The van der Waals surface area contributed by atoms with Gasteiger partial charge in [-0.1, -0.05) is 47.3 Å². The predicted octanol–water partition coefficient (Wildman–Crippen LogP) is 2.96. The largest absolute Gasteiger partial charge is 0.445 e. The summed E-state index contributed by atoms with van der Waals surface area (Å²) in [6.45, 7) is 4.37. The maximum Gasteiger partial charge on any atom is 0.407 e. The average molecular weight is 298 g/mol. The Balaban J connectivity index is 1.68. The number of nitrogens with zero attached hydrogens (tertiary/aromatic N) is 1. The lowest BCUT2D eigenvalue weighted by Crippen LogP contribution is -2.24. The molecule has 0 fully saturated rings. The zero-order valence-corrected chi connectivity index (χ0v) is 12.7. The Labute approximate surface area is 129 Å². The van der Waals surface area contributed by atoms with Gasteiger partial charge in [0.05, 0.1) is 11.3 Å². The van der Waals surface area contributed by atoms with Crippen molar-refractivity contribution in [3.8, 4) is 11.8 Å². The third-order valence-corrected chi connectivity index (χ3v) is 2.98. The molecule has 0 atom stereocenters. The Morgan fingerprint density at radius 3 is 2.77 bits per heavy atom. The van der Waals surface area contributed by atoms with Gasteiger partial charge in [0.15, 0.2) is 0 Å². The van der Waals surface area contributed by atoms with Gasteiger partial charge in [-0.15, -0.1) is 0 Å². The van der Waals surface area contributed by atoms with Crippen LogP contribution in [0.3, 0.4) is 0 Å². The van der Waals surface area contributed by atoms with E-state index in [1.165, 1.54) is 0 Å². The van der Waals surface area contributed by atoms with Crippen LogP contribution in [0.5, 0.6) is 0 Å². The molecule has 2 rings (SSSR count). The highest BCUT2D eigenvalue weighted by Crippen LogP contribution is 2.09. The molecule has 0 saturated heterocycles. The zero-order valence-electron chi connectivity index (χ0n) is 12.7. The minimum Gasteiger partial charge on any atom is -0.445 e. The summed E-state index contributed by atoms with van der Waals surface area (Å²) in [7, 11) is 0. The van der Waals surface area contributed by atoms with Crippen molar-refractivity contribution in [3.05, 3.63) is 52.9 Å². The first kappa shape index (κ1) is 15.6. The second-order valence-electron chi connectivity index (χ2n) is 4.74. The number of benzene rings is 1. The number of amides is 1. The van der Waals surface area contributed by atoms with E-state index in [4.69, 9.17) is 9.26 Å². The van der Waals surface area contributed by atoms with Gasteiger partial charge in [-0.3, -0.25) is 0 Å². The van der Waals surface area contributed by atoms with E-state index in [-0.39, 0.29) is 6.61 Å². The Morgan fingerprint density at radius 1 is 1.32 bits per heavy atom. The molecule has 1 aromatic heterocycles. The van der Waals surface area contributed by atoms with Crippen molar-refractivity contribution in [1.29, 1.82) is 0 Å². The maximum atomic E-state index is 11.5. The highest BCUT2D eigenvalue weighted by atomic mass is 16.5. The molecule has 114 valence electrons. The van der Waals surface area contributed by atoms with E-state index >= 15 is 0 Å². The Morgan fingerprint density at radius 2 is 2.09 bits per heavy atom. The van der Waals surface area contributed by atoms with Gasteiger partial charge in [0.1, 0.15) is 12.4 Å². The number of ether oxygens (including phenoxy) is 1. The fraction of sp³-hybridized carbons (Fsp3) is 0.294. The Hall–Kier alpha value is -2.74. The second kappa shape index (κ2) is 7.89. The first-order valence-electron chi connectivity index (χ1n) is 7.03. The summed E-state index contributed by atoms with van der Waals surface area (Å²) in [6.07, 6.45) is 0.0906. The SMILES string of the molecule is Cc1noc(C)c1C#CCCNC(=O)OCc1ccccc1. The van der Waals surface area contributed by atoms with Crippen LogP contribution in [-0.4, -0.2) is 17.8 Å². The van der Waals surface area contributed by atoms with Crippen LogP contribution < -0.4 is 5.32 Å². The molecule has 2 aromatic rings. The van der Waals surface area contributed by atoms with Gasteiger partial charge in [0, 0.05) is 13.0 Å².